The fourth-order valence-electron chi connectivity index (χ4n) is 2.37. The number of methoxy groups -OCH3 is 1. The highest BCUT2D eigenvalue weighted by molar-refractivity contribution is 5.68. The summed E-state index contributed by atoms with van der Waals surface area (Å²) < 4.78 is 11.1. The summed E-state index contributed by atoms with van der Waals surface area (Å²) in [5.41, 5.74) is -0.291. The van der Waals surface area contributed by atoms with Gasteiger partial charge >= 0.3 is 6.09 Å². The van der Waals surface area contributed by atoms with Crippen molar-refractivity contribution in [3.63, 3.8) is 0 Å². The number of rotatable bonds is 1. The number of nitrogens with zero attached hydrogens (tertiary/aromatic N) is 2. The first kappa shape index (κ1) is 17.3. The minimum absolute atomic E-state index is 0.278. The fourth-order valence-corrected chi connectivity index (χ4v) is 2.37. The molecule has 2 rings (SSSR count). The maximum absolute atomic E-state index is 12.1. The van der Waals surface area contributed by atoms with Crippen LogP contribution in [0.2, 0.25) is 0 Å². The number of hydrogen-bond acceptors (Lipinski definition) is 4. The highest BCUT2D eigenvalue weighted by Gasteiger charge is 2.36. The number of hydrogen-bond donors (Lipinski definition) is 0. The Bertz CT molecular complexity index is 588. The third-order valence-corrected chi connectivity index (χ3v) is 3.70. The van der Waals surface area contributed by atoms with Gasteiger partial charge in [-0.3, -0.25) is 0 Å². The van der Waals surface area contributed by atoms with Crippen molar-refractivity contribution in [1.82, 2.24) is 9.88 Å². The molecule has 1 aliphatic rings. The number of aromatic nitrogens is 1. The van der Waals surface area contributed by atoms with Crippen LogP contribution in [0.4, 0.5) is 4.79 Å². The molecule has 0 unspecified atom stereocenters. The topological polar surface area (TPSA) is 51.7 Å². The smallest absolute Gasteiger partial charge is 0.410 e. The van der Waals surface area contributed by atoms with E-state index in [4.69, 9.17) is 9.47 Å². The molecule has 0 aromatic carbocycles. The Kier molecular flexibility index (Phi) is 5.27. The largest absolute Gasteiger partial charge is 0.444 e. The molecular formula is C18H24N2O3. The summed E-state index contributed by atoms with van der Waals surface area (Å²) in [6.07, 6.45) is 2.75. The first-order valence-electron chi connectivity index (χ1n) is 7.81. The molecule has 0 aliphatic carbocycles. The number of amides is 1. The van der Waals surface area contributed by atoms with Gasteiger partial charge < -0.3 is 14.4 Å². The van der Waals surface area contributed by atoms with Crippen molar-refractivity contribution in [3.05, 3.63) is 30.1 Å². The molecule has 0 spiro atoms. The molecule has 1 saturated heterocycles. The molecule has 1 aliphatic heterocycles. The highest BCUT2D eigenvalue weighted by Crippen LogP contribution is 2.26. The van der Waals surface area contributed by atoms with Crippen molar-refractivity contribution in [3.8, 4) is 11.8 Å². The SMILES string of the molecule is COC1(C#Cc2ccccn2)CCN(C(=O)OC(C)(C)C)CC1. The van der Waals surface area contributed by atoms with Crippen LogP contribution in [-0.4, -0.2) is 47.4 Å². The van der Waals surface area contributed by atoms with E-state index in [0.717, 1.165) is 5.69 Å². The lowest BCUT2D eigenvalue weighted by molar-refractivity contribution is -0.0251. The quantitative estimate of drug-likeness (QED) is 0.748. The van der Waals surface area contributed by atoms with Gasteiger partial charge in [-0.25, -0.2) is 9.78 Å². The minimum Gasteiger partial charge on any atom is -0.444 e. The monoisotopic (exact) mass is 316 g/mol. The Morgan fingerprint density at radius 2 is 2.00 bits per heavy atom. The predicted molar refractivity (Wildman–Crippen MR) is 87.9 cm³/mol. The van der Waals surface area contributed by atoms with Crippen molar-refractivity contribution in [2.75, 3.05) is 20.2 Å². The molecule has 0 atom stereocenters. The van der Waals surface area contributed by atoms with E-state index in [-0.39, 0.29) is 6.09 Å². The van der Waals surface area contributed by atoms with E-state index in [0.29, 0.717) is 25.9 Å². The predicted octanol–water partition coefficient (Wildman–Crippen LogP) is 2.85. The lowest BCUT2D eigenvalue weighted by atomic mass is 9.91. The van der Waals surface area contributed by atoms with E-state index in [1.54, 1.807) is 18.2 Å². The van der Waals surface area contributed by atoms with Gasteiger partial charge in [0.2, 0.25) is 0 Å². The number of pyridine rings is 1. The Hall–Kier alpha value is -2.06. The molecule has 1 aromatic heterocycles. The maximum Gasteiger partial charge on any atom is 0.410 e. The van der Waals surface area contributed by atoms with Gasteiger partial charge in [0.05, 0.1) is 0 Å². The second-order valence-electron chi connectivity index (χ2n) is 6.63. The summed E-state index contributed by atoms with van der Waals surface area (Å²) in [5, 5.41) is 0. The van der Waals surface area contributed by atoms with E-state index in [2.05, 4.69) is 16.8 Å². The van der Waals surface area contributed by atoms with E-state index >= 15 is 0 Å². The van der Waals surface area contributed by atoms with Crippen molar-refractivity contribution < 1.29 is 14.3 Å². The molecular weight excluding hydrogens is 292 g/mol. The third kappa shape index (κ3) is 4.97. The van der Waals surface area contributed by atoms with Crippen LogP contribution in [0.3, 0.4) is 0 Å². The molecule has 0 N–H and O–H groups in total. The summed E-state index contributed by atoms with van der Waals surface area (Å²) >= 11 is 0. The number of piperidine rings is 1. The van der Waals surface area contributed by atoms with Crippen LogP contribution in [0.1, 0.15) is 39.3 Å². The van der Waals surface area contributed by atoms with Crippen molar-refractivity contribution in [2.45, 2.75) is 44.8 Å². The van der Waals surface area contributed by atoms with E-state index in [9.17, 15) is 4.79 Å². The van der Waals surface area contributed by atoms with Gasteiger partial charge in [-0.2, -0.15) is 0 Å². The van der Waals surface area contributed by atoms with Crippen molar-refractivity contribution in [1.29, 1.82) is 0 Å². The molecule has 1 fully saturated rings. The second kappa shape index (κ2) is 7.01. The molecule has 0 saturated carbocycles. The van der Waals surface area contributed by atoms with Crippen LogP contribution in [-0.2, 0) is 9.47 Å². The zero-order chi connectivity index (χ0) is 16.9. The van der Waals surface area contributed by atoms with Gasteiger partial charge in [0, 0.05) is 39.2 Å². The zero-order valence-corrected chi connectivity index (χ0v) is 14.3. The molecule has 5 heteroatoms. The maximum atomic E-state index is 12.1. The number of likely N-dealkylation sites (tertiary alicyclic amines) is 1. The van der Waals surface area contributed by atoms with Gasteiger partial charge in [-0.1, -0.05) is 12.0 Å². The highest BCUT2D eigenvalue weighted by atomic mass is 16.6. The average Bonchev–Trinajstić information content (AvgIpc) is 2.53. The summed E-state index contributed by atoms with van der Waals surface area (Å²) in [4.78, 5) is 18.0. The third-order valence-electron chi connectivity index (χ3n) is 3.70. The molecule has 23 heavy (non-hydrogen) atoms. The normalized spacial score (nSPS) is 17.1. The lowest BCUT2D eigenvalue weighted by Crippen LogP contribution is -2.48. The van der Waals surface area contributed by atoms with Crippen LogP contribution in [0.15, 0.2) is 24.4 Å². The van der Waals surface area contributed by atoms with Crippen LogP contribution in [0.25, 0.3) is 0 Å². The minimum atomic E-state index is -0.532. The molecule has 2 heterocycles. The average molecular weight is 316 g/mol. The first-order valence-corrected chi connectivity index (χ1v) is 7.81. The Morgan fingerprint density at radius 1 is 1.30 bits per heavy atom. The van der Waals surface area contributed by atoms with Gasteiger partial charge in [-0.15, -0.1) is 0 Å². The van der Waals surface area contributed by atoms with Crippen LogP contribution >= 0.6 is 0 Å². The lowest BCUT2D eigenvalue weighted by Gasteiger charge is -2.37. The van der Waals surface area contributed by atoms with Gasteiger partial charge in [0.25, 0.3) is 0 Å². The Labute approximate surface area is 138 Å². The van der Waals surface area contributed by atoms with Crippen LogP contribution in [0, 0.1) is 11.8 Å². The zero-order valence-electron chi connectivity index (χ0n) is 14.3. The van der Waals surface area contributed by atoms with Crippen LogP contribution < -0.4 is 0 Å². The number of carbonyl (C=O) groups is 1. The van der Waals surface area contributed by atoms with E-state index in [1.165, 1.54) is 0 Å². The summed E-state index contributed by atoms with van der Waals surface area (Å²) in [7, 11) is 1.66. The molecule has 0 radical (unpaired) electrons. The van der Waals surface area contributed by atoms with E-state index < -0.39 is 11.2 Å². The Morgan fingerprint density at radius 3 is 2.52 bits per heavy atom. The molecule has 1 amide bonds. The molecule has 0 bridgehead atoms. The van der Waals surface area contributed by atoms with Gasteiger partial charge in [0.15, 0.2) is 0 Å². The van der Waals surface area contributed by atoms with Gasteiger partial charge in [-0.05, 0) is 38.8 Å². The van der Waals surface area contributed by atoms with Crippen molar-refractivity contribution in [2.24, 2.45) is 0 Å². The van der Waals surface area contributed by atoms with E-state index in [1.807, 2.05) is 39.0 Å². The standard InChI is InChI=1S/C18H24N2O3/c1-17(2,3)23-16(21)20-13-10-18(22-4,11-14-20)9-8-15-7-5-6-12-19-15/h5-7,12H,10-11,13-14H2,1-4H3. The summed E-state index contributed by atoms with van der Waals surface area (Å²) in [6.45, 7) is 6.74. The first-order chi connectivity index (χ1) is 10.8. The second-order valence-corrected chi connectivity index (χ2v) is 6.63. The van der Waals surface area contributed by atoms with Gasteiger partial charge in [0.1, 0.15) is 16.9 Å². The number of ether oxygens (including phenoxy) is 2. The molecule has 124 valence electrons. The summed E-state index contributed by atoms with van der Waals surface area (Å²) in [6, 6.07) is 5.63. The van der Waals surface area contributed by atoms with Crippen LogP contribution in [0.5, 0.6) is 0 Å². The Balaban J connectivity index is 2.00. The van der Waals surface area contributed by atoms with Crippen molar-refractivity contribution >= 4 is 6.09 Å². The molecule has 1 aromatic rings. The molecule has 5 nitrogen and oxygen atoms in total. The summed E-state index contributed by atoms with van der Waals surface area (Å²) in [5.74, 6) is 6.26. The fraction of sp³-hybridized carbons (Fsp3) is 0.556. The number of carbonyl (C=O) groups excluding carboxylic acids is 1.